The molecule has 1 amide bonds. The lowest BCUT2D eigenvalue weighted by Crippen LogP contribution is -2.42. The summed E-state index contributed by atoms with van der Waals surface area (Å²) in [5.74, 6) is 0.416. The highest BCUT2D eigenvalue weighted by Crippen LogP contribution is 2.02. The van der Waals surface area contributed by atoms with E-state index in [4.69, 9.17) is 0 Å². The third-order valence-electron chi connectivity index (χ3n) is 3.91. The number of carbonyl (C=O) groups excluding carboxylic acids is 1. The summed E-state index contributed by atoms with van der Waals surface area (Å²) in [4.78, 5) is 26.6. The van der Waals surface area contributed by atoms with Crippen LogP contribution in [-0.4, -0.2) is 51.8 Å². The molecule has 0 aliphatic heterocycles. The number of nitrogens with one attached hydrogen (secondary N) is 1. The molecular weight excluding hydrogens is 318 g/mol. The van der Waals surface area contributed by atoms with Crippen molar-refractivity contribution in [3.05, 3.63) is 52.2 Å². The van der Waals surface area contributed by atoms with Crippen molar-refractivity contribution >= 4 is 5.91 Å². The molecule has 2 rings (SSSR count). The van der Waals surface area contributed by atoms with Crippen LogP contribution in [0, 0.1) is 6.92 Å². The molecule has 0 radical (unpaired) electrons. The van der Waals surface area contributed by atoms with Crippen LogP contribution < -0.4 is 11.0 Å². The third kappa shape index (κ3) is 5.56. The van der Waals surface area contributed by atoms with Gasteiger partial charge in [0.25, 0.3) is 0 Å². The summed E-state index contributed by atoms with van der Waals surface area (Å²) in [5.41, 5.74) is 0.917. The molecule has 0 aliphatic carbocycles. The van der Waals surface area contributed by atoms with Crippen molar-refractivity contribution in [3.63, 3.8) is 0 Å². The number of amides is 1. The van der Waals surface area contributed by atoms with Gasteiger partial charge in [-0.1, -0.05) is 30.3 Å². The quantitative estimate of drug-likeness (QED) is 0.763. The standard InChI is InChI=1S/C18H27N5O2/c1-14(12-21(3)4)19-17(24)13-23-18(25)22(15(2)20-23)11-10-16-8-6-5-7-9-16/h5-9,14H,10-13H2,1-4H3,(H,19,24). The van der Waals surface area contributed by atoms with Crippen LogP contribution in [0.2, 0.25) is 0 Å². The summed E-state index contributed by atoms with van der Waals surface area (Å²) in [6.07, 6.45) is 0.749. The maximum absolute atomic E-state index is 12.5. The molecule has 2 aromatic rings. The molecule has 1 N–H and O–H groups in total. The van der Waals surface area contributed by atoms with Gasteiger partial charge in [-0.15, -0.1) is 0 Å². The Kier molecular flexibility index (Phi) is 6.52. The third-order valence-corrected chi connectivity index (χ3v) is 3.91. The molecule has 136 valence electrons. The Bertz CT molecular complexity index is 749. The minimum absolute atomic E-state index is 0.0134. The SMILES string of the molecule is Cc1nn(CC(=O)NC(C)CN(C)C)c(=O)n1CCc1ccccc1. The number of likely N-dealkylation sites (N-methyl/N-ethyl adjacent to an activating group) is 1. The molecule has 1 aromatic heterocycles. The van der Waals surface area contributed by atoms with Gasteiger partial charge in [-0.3, -0.25) is 9.36 Å². The van der Waals surface area contributed by atoms with Crippen molar-refractivity contribution in [2.45, 2.75) is 39.4 Å². The van der Waals surface area contributed by atoms with Crippen LogP contribution >= 0.6 is 0 Å². The highest BCUT2D eigenvalue weighted by atomic mass is 16.2. The van der Waals surface area contributed by atoms with E-state index in [-0.39, 0.29) is 24.2 Å². The number of rotatable bonds is 8. The van der Waals surface area contributed by atoms with Gasteiger partial charge in [-0.2, -0.15) is 5.10 Å². The molecule has 0 saturated heterocycles. The van der Waals surface area contributed by atoms with Gasteiger partial charge in [0, 0.05) is 19.1 Å². The van der Waals surface area contributed by atoms with Gasteiger partial charge in [0.1, 0.15) is 12.4 Å². The summed E-state index contributed by atoms with van der Waals surface area (Å²) >= 11 is 0. The number of aryl methyl sites for hydroxylation is 2. The van der Waals surface area contributed by atoms with Crippen molar-refractivity contribution in [3.8, 4) is 0 Å². The molecule has 0 aliphatic rings. The van der Waals surface area contributed by atoms with Crippen molar-refractivity contribution < 1.29 is 4.79 Å². The van der Waals surface area contributed by atoms with Crippen LogP contribution in [0.25, 0.3) is 0 Å². The minimum atomic E-state index is -0.246. The fourth-order valence-electron chi connectivity index (χ4n) is 2.85. The van der Waals surface area contributed by atoms with E-state index in [0.717, 1.165) is 18.5 Å². The summed E-state index contributed by atoms with van der Waals surface area (Å²) in [6, 6.07) is 10.0. The lowest BCUT2D eigenvalue weighted by molar-refractivity contribution is -0.122. The molecule has 0 bridgehead atoms. The van der Waals surface area contributed by atoms with E-state index in [2.05, 4.69) is 10.4 Å². The maximum atomic E-state index is 12.5. The predicted molar refractivity (Wildman–Crippen MR) is 97.5 cm³/mol. The average Bonchev–Trinajstić information content (AvgIpc) is 2.79. The lowest BCUT2D eigenvalue weighted by Gasteiger charge is -2.18. The molecule has 7 nitrogen and oxygen atoms in total. The Hall–Kier alpha value is -2.41. The van der Waals surface area contributed by atoms with Crippen molar-refractivity contribution in [1.29, 1.82) is 0 Å². The lowest BCUT2D eigenvalue weighted by atomic mass is 10.1. The molecule has 7 heteroatoms. The van der Waals surface area contributed by atoms with Gasteiger partial charge in [0.15, 0.2) is 0 Å². The van der Waals surface area contributed by atoms with Crippen LogP contribution in [0.3, 0.4) is 0 Å². The van der Waals surface area contributed by atoms with E-state index >= 15 is 0 Å². The summed E-state index contributed by atoms with van der Waals surface area (Å²) in [7, 11) is 3.90. The van der Waals surface area contributed by atoms with Crippen molar-refractivity contribution in [1.82, 2.24) is 24.6 Å². The average molecular weight is 345 g/mol. The zero-order chi connectivity index (χ0) is 18.4. The van der Waals surface area contributed by atoms with Crippen LogP contribution in [-0.2, 0) is 24.3 Å². The van der Waals surface area contributed by atoms with Crippen molar-refractivity contribution in [2.75, 3.05) is 20.6 Å². The predicted octanol–water partition coefficient (Wildman–Crippen LogP) is 0.662. The van der Waals surface area contributed by atoms with Crippen LogP contribution in [0.1, 0.15) is 18.3 Å². The number of nitrogens with zero attached hydrogens (tertiary/aromatic N) is 4. The zero-order valence-electron chi connectivity index (χ0n) is 15.4. The van der Waals surface area contributed by atoms with Gasteiger partial charge < -0.3 is 10.2 Å². The Morgan fingerprint density at radius 1 is 1.28 bits per heavy atom. The van der Waals surface area contributed by atoms with E-state index in [1.165, 1.54) is 4.68 Å². The van der Waals surface area contributed by atoms with Gasteiger partial charge >= 0.3 is 5.69 Å². The number of hydrogen-bond acceptors (Lipinski definition) is 4. The van der Waals surface area contributed by atoms with Crippen LogP contribution in [0.4, 0.5) is 0 Å². The normalized spacial score (nSPS) is 12.4. The fourth-order valence-corrected chi connectivity index (χ4v) is 2.85. The highest BCUT2D eigenvalue weighted by Gasteiger charge is 2.14. The fraction of sp³-hybridized carbons (Fsp3) is 0.500. The number of hydrogen-bond donors (Lipinski definition) is 1. The number of carbonyl (C=O) groups is 1. The van der Waals surface area contributed by atoms with Gasteiger partial charge in [-0.05, 0) is 39.9 Å². The molecule has 0 saturated carbocycles. The van der Waals surface area contributed by atoms with E-state index in [1.807, 2.05) is 56.3 Å². The van der Waals surface area contributed by atoms with Gasteiger partial charge in [0.2, 0.25) is 5.91 Å². The molecule has 1 atom stereocenters. The second-order valence-electron chi connectivity index (χ2n) is 6.61. The highest BCUT2D eigenvalue weighted by molar-refractivity contribution is 5.75. The first kappa shape index (κ1) is 18.9. The largest absolute Gasteiger partial charge is 0.351 e. The zero-order valence-corrected chi connectivity index (χ0v) is 15.4. The first-order chi connectivity index (χ1) is 11.9. The molecule has 25 heavy (non-hydrogen) atoms. The Balaban J connectivity index is 1.99. The Morgan fingerprint density at radius 3 is 2.60 bits per heavy atom. The van der Waals surface area contributed by atoms with E-state index < -0.39 is 0 Å². The summed E-state index contributed by atoms with van der Waals surface area (Å²) in [6.45, 7) is 4.95. The first-order valence-electron chi connectivity index (χ1n) is 8.49. The Morgan fingerprint density at radius 2 is 1.96 bits per heavy atom. The van der Waals surface area contributed by atoms with E-state index in [1.54, 1.807) is 11.5 Å². The molecule has 1 aromatic carbocycles. The molecular formula is C18H27N5O2. The first-order valence-corrected chi connectivity index (χ1v) is 8.49. The van der Waals surface area contributed by atoms with Gasteiger partial charge in [0.05, 0.1) is 0 Å². The number of aromatic nitrogens is 3. The van der Waals surface area contributed by atoms with E-state index in [9.17, 15) is 9.59 Å². The van der Waals surface area contributed by atoms with Crippen LogP contribution in [0.5, 0.6) is 0 Å². The number of benzene rings is 1. The molecule has 1 unspecified atom stereocenters. The second-order valence-corrected chi connectivity index (χ2v) is 6.61. The maximum Gasteiger partial charge on any atom is 0.346 e. The molecule has 1 heterocycles. The topological polar surface area (TPSA) is 72.2 Å². The minimum Gasteiger partial charge on any atom is -0.351 e. The summed E-state index contributed by atoms with van der Waals surface area (Å²) in [5, 5.41) is 7.11. The van der Waals surface area contributed by atoms with Crippen molar-refractivity contribution in [2.24, 2.45) is 0 Å². The van der Waals surface area contributed by atoms with E-state index in [0.29, 0.717) is 12.4 Å². The van der Waals surface area contributed by atoms with Crippen LogP contribution in [0.15, 0.2) is 35.1 Å². The molecule has 0 spiro atoms. The van der Waals surface area contributed by atoms with Gasteiger partial charge in [-0.25, -0.2) is 9.48 Å². The second kappa shape index (κ2) is 8.62. The smallest absolute Gasteiger partial charge is 0.346 e. The molecule has 0 fully saturated rings. The monoisotopic (exact) mass is 345 g/mol. The summed E-state index contributed by atoms with van der Waals surface area (Å²) < 4.78 is 2.85. The Labute approximate surface area is 148 Å².